The molecule has 444 valence electrons. The fourth-order valence-electron chi connectivity index (χ4n) is 10.9. The zero-order valence-corrected chi connectivity index (χ0v) is 53.3. The number of rotatable bonds is 58. The van der Waals surface area contributed by atoms with E-state index in [0.29, 0.717) is 38.3 Å². The highest BCUT2D eigenvalue weighted by atomic mass is 33.1. The first-order valence-corrected chi connectivity index (χ1v) is 37.2. The summed E-state index contributed by atoms with van der Waals surface area (Å²) in [7, 11) is 7.94. The molecule has 0 aliphatic carbocycles. The summed E-state index contributed by atoms with van der Waals surface area (Å²) >= 11 is 0. The van der Waals surface area contributed by atoms with Gasteiger partial charge in [0.25, 0.3) is 0 Å². The molecule has 6 unspecified atom stereocenters. The fourth-order valence-corrected chi connectivity index (χ4v) is 15.0. The van der Waals surface area contributed by atoms with Crippen LogP contribution in [0.5, 0.6) is 0 Å². The van der Waals surface area contributed by atoms with Gasteiger partial charge in [0, 0.05) is 101 Å². The number of aliphatic hydroxyl groups is 4. The molecule has 0 aromatic carbocycles. The SMILES string of the molecule is CCCCCCCCCCC(O)CN(CCSSCCN1CC(C)N(CCSSCCN(CC(O)CCCCCCCCCC)CC(O)CCCCCCCCCC)CC1C)CC(O)CCCCCCCCCC. The van der Waals surface area contributed by atoms with E-state index in [1.165, 1.54) is 180 Å². The van der Waals surface area contributed by atoms with E-state index in [9.17, 15) is 20.4 Å². The lowest BCUT2D eigenvalue weighted by atomic mass is 10.0. The molecule has 1 aliphatic heterocycles. The van der Waals surface area contributed by atoms with Crippen LogP contribution in [0.25, 0.3) is 0 Å². The molecule has 0 aromatic heterocycles. The first-order chi connectivity index (χ1) is 36.1. The van der Waals surface area contributed by atoms with Gasteiger partial charge in [-0.1, -0.05) is 276 Å². The summed E-state index contributed by atoms with van der Waals surface area (Å²) in [6, 6.07) is 1.11. The molecule has 0 aromatic rings. The second kappa shape index (κ2) is 54.7. The fraction of sp³-hybridized carbons (Fsp3) is 1.00. The van der Waals surface area contributed by atoms with Gasteiger partial charge in [0.05, 0.1) is 24.4 Å². The van der Waals surface area contributed by atoms with Crippen molar-refractivity contribution in [1.29, 1.82) is 0 Å². The molecule has 0 saturated carbocycles. The number of aliphatic hydroxyl groups excluding tert-OH is 4. The van der Waals surface area contributed by atoms with Gasteiger partial charge < -0.3 is 20.4 Å². The minimum Gasteiger partial charge on any atom is -0.392 e. The second-order valence-electron chi connectivity index (χ2n) is 23.2. The van der Waals surface area contributed by atoms with Crippen LogP contribution >= 0.6 is 43.2 Å². The van der Waals surface area contributed by atoms with E-state index in [4.69, 9.17) is 0 Å². The highest BCUT2D eigenvalue weighted by Crippen LogP contribution is 2.26. The smallest absolute Gasteiger partial charge is 0.0667 e. The van der Waals surface area contributed by atoms with E-state index in [-0.39, 0.29) is 24.4 Å². The van der Waals surface area contributed by atoms with E-state index in [0.717, 1.165) is 114 Å². The quantitative estimate of drug-likeness (QED) is 0.0345. The van der Waals surface area contributed by atoms with Gasteiger partial charge in [-0.15, -0.1) is 0 Å². The number of hydrogen-bond acceptors (Lipinski definition) is 12. The van der Waals surface area contributed by atoms with Crippen molar-refractivity contribution in [2.75, 3.05) is 88.5 Å². The van der Waals surface area contributed by atoms with Gasteiger partial charge in [-0.2, -0.15) is 0 Å². The third-order valence-corrected chi connectivity index (χ3v) is 20.5. The summed E-state index contributed by atoms with van der Waals surface area (Å²) in [5.41, 5.74) is 0. The monoisotopic (exact) mass is 1120 g/mol. The minimum atomic E-state index is -0.307. The Morgan fingerprint density at radius 1 is 0.338 bits per heavy atom. The molecule has 0 amide bonds. The summed E-state index contributed by atoms with van der Waals surface area (Å²) in [6.45, 7) is 23.0. The van der Waals surface area contributed by atoms with Gasteiger partial charge in [0.1, 0.15) is 0 Å². The lowest BCUT2D eigenvalue weighted by molar-refractivity contribution is 0.0516. The van der Waals surface area contributed by atoms with Crippen LogP contribution < -0.4 is 0 Å². The molecule has 0 radical (unpaired) electrons. The summed E-state index contributed by atoms with van der Waals surface area (Å²) in [5, 5.41) is 44.3. The Morgan fingerprint density at radius 3 is 0.797 bits per heavy atom. The van der Waals surface area contributed by atoms with E-state index >= 15 is 0 Å². The summed E-state index contributed by atoms with van der Waals surface area (Å²) in [5.74, 6) is 4.30. The number of unbranched alkanes of at least 4 members (excludes halogenated alkanes) is 28. The van der Waals surface area contributed by atoms with E-state index in [1.807, 2.05) is 43.2 Å². The van der Waals surface area contributed by atoms with Crippen molar-refractivity contribution >= 4 is 43.2 Å². The van der Waals surface area contributed by atoms with Crippen LogP contribution in [-0.2, 0) is 0 Å². The third-order valence-electron chi connectivity index (χ3n) is 15.8. The molecule has 4 N–H and O–H groups in total. The van der Waals surface area contributed by atoms with Crippen molar-refractivity contribution in [3.05, 3.63) is 0 Å². The third kappa shape index (κ3) is 45.8. The lowest BCUT2D eigenvalue weighted by Gasteiger charge is -2.44. The number of piperazine rings is 1. The first kappa shape index (κ1) is 73.1. The Kier molecular flexibility index (Phi) is 54.0. The highest BCUT2D eigenvalue weighted by Gasteiger charge is 2.28. The van der Waals surface area contributed by atoms with Crippen LogP contribution in [0.15, 0.2) is 0 Å². The summed E-state index contributed by atoms with van der Waals surface area (Å²) in [6.07, 6.45) is 43.6. The summed E-state index contributed by atoms with van der Waals surface area (Å²) in [4.78, 5) is 10.1. The van der Waals surface area contributed by atoms with Gasteiger partial charge in [-0.25, -0.2) is 0 Å². The van der Waals surface area contributed by atoms with Crippen LogP contribution in [0.2, 0.25) is 0 Å². The molecule has 1 saturated heterocycles. The van der Waals surface area contributed by atoms with Gasteiger partial charge in [0.15, 0.2) is 0 Å². The molecular weight excluding hydrogens is 993 g/mol. The largest absolute Gasteiger partial charge is 0.392 e. The van der Waals surface area contributed by atoms with Gasteiger partial charge in [-0.3, -0.25) is 19.6 Å². The van der Waals surface area contributed by atoms with Crippen molar-refractivity contribution < 1.29 is 20.4 Å². The predicted octanol–water partition coefficient (Wildman–Crippen LogP) is 16.3. The standard InChI is InChI=1S/C62H128N4O4S4/c1-7-11-15-19-23-27-31-35-39-59(67)53-63(54-60(68)40-36-32-28-24-20-16-12-8-2)43-47-71-73-49-45-65-51-58(6)66(52-57(65)5)46-50-74-72-48-44-64(55-61(69)41-37-33-29-25-21-17-13-9-3)56-62(70)42-38-34-30-26-22-18-14-10-4/h57-62,67-70H,7-56H2,1-6H3. The van der Waals surface area contributed by atoms with Crippen LogP contribution in [0, 0.1) is 0 Å². The van der Waals surface area contributed by atoms with Crippen molar-refractivity contribution in [2.24, 2.45) is 0 Å². The van der Waals surface area contributed by atoms with E-state index in [2.05, 4.69) is 61.1 Å². The van der Waals surface area contributed by atoms with Crippen LogP contribution in [0.4, 0.5) is 0 Å². The minimum absolute atomic E-state index is 0.307. The predicted molar refractivity (Wildman–Crippen MR) is 338 cm³/mol. The molecule has 0 spiro atoms. The Hall–Kier alpha value is 1.08. The topological polar surface area (TPSA) is 93.9 Å². The molecular formula is C62H128N4O4S4. The Balaban J connectivity index is 2.47. The molecule has 6 atom stereocenters. The molecule has 74 heavy (non-hydrogen) atoms. The first-order valence-electron chi connectivity index (χ1n) is 32.3. The molecule has 8 nitrogen and oxygen atoms in total. The van der Waals surface area contributed by atoms with Gasteiger partial charge in [-0.05, 0) is 39.5 Å². The molecule has 1 fully saturated rings. The maximum Gasteiger partial charge on any atom is 0.0667 e. The van der Waals surface area contributed by atoms with Crippen LogP contribution in [0.3, 0.4) is 0 Å². The van der Waals surface area contributed by atoms with Crippen molar-refractivity contribution in [3.8, 4) is 0 Å². The molecule has 1 rings (SSSR count). The highest BCUT2D eigenvalue weighted by molar-refractivity contribution is 8.77. The van der Waals surface area contributed by atoms with Crippen molar-refractivity contribution in [1.82, 2.24) is 19.6 Å². The molecule has 1 aliphatic rings. The summed E-state index contributed by atoms with van der Waals surface area (Å²) < 4.78 is 0. The normalized spacial score (nSPS) is 17.5. The number of nitrogens with zero attached hydrogens (tertiary/aromatic N) is 4. The lowest BCUT2D eigenvalue weighted by Crippen LogP contribution is -2.57. The Morgan fingerprint density at radius 2 is 0.554 bits per heavy atom. The Bertz CT molecular complexity index is 1000. The van der Waals surface area contributed by atoms with Crippen LogP contribution in [-0.4, -0.2) is 165 Å². The van der Waals surface area contributed by atoms with Crippen molar-refractivity contribution in [3.63, 3.8) is 0 Å². The van der Waals surface area contributed by atoms with Gasteiger partial charge >= 0.3 is 0 Å². The second-order valence-corrected chi connectivity index (χ2v) is 28.6. The van der Waals surface area contributed by atoms with Crippen LogP contribution in [0.1, 0.15) is 273 Å². The average Bonchev–Trinajstić information content (AvgIpc) is 3.37. The number of hydrogen-bond donors (Lipinski definition) is 4. The van der Waals surface area contributed by atoms with Gasteiger partial charge in [0.2, 0.25) is 0 Å². The maximum absolute atomic E-state index is 11.1. The van der Waals surface area contributed by atoms with Crippen molar-refractivity contribution in [2.45, 2.75) is 309 Å². The van der Waals surface area contributed by atoms with E-state index in [1.54, 1.807) is 0 Å². The average molecular weight is 1120 g/mol. The van der Waals surface area contributed by atoms with E-state index < -0.39 is 0 Å². The zero-order valence-electron chi connectivity index (χ0n) is 50.0. The molecule has 1 heterocycles. The molecule has 12 heteroatoms. The Labute approximate surface area is 478 Å². The zero-order chi connectivity index (χ0) is 54.0. The molecule has 0 bridgehead atoms. The maximum atomic E-state index is 11.1.